The molecule has 0 aliphatic carbocycles. The van der Waals surface area contributed by atoms with Crippen molar-refractivity contribution in [2.75, 3.05) is 13.1 Å². The van der Waals surface area contributed by atoms with Crippen molar-refractivity contribution in [2.45, 2.75) is 32.2 Å². The third-order valence-electron chi connectivity index (χ3n) is 4.09. The first-order valence-electron chi connectivity index (χ1n) is 6.95. The molecule has 110 valence electrons. The van der Waals surface area contributed by atoms with Crippen LogP contribution in [-0.2, 0) is 4.79 Å². The van der Waals surface area contributed by atoms with Gasteiger partial charge in [0.25, 0.3) is 0 Å². The molecule has 2 atom stereocenters. The molecule has 0 bridgehead atoms. The summed E-state index contributed by atoms with van der Waals surface area (Å²) < 4.78 is 0. The molecule has 1 aliphatic rings. The van der Waals surface area contributed by atoms with Gasteiger partial charge in [-0.2, -0.15) is 0 Å². The van der Waals surface area contributed by atoms with Gasteiger partial charge < -0.3 is 15.3 Å². The third-order valence-corrected chi connectivity index (χ3v) is 4.09. The van der Waals surface area contributed by atoms with E-state index in [1.54, 1.807) is 6.07 Å². The number of carboxylic acids is 1. The number of aliphatic carboxylic acids is 1. The van der Waals surface area contributed by atoms with Crippen molar-refractivity contribution in [1.29, 1.82) is 0 Å². The Kier molecular flexibility index (Phi) is 4.49. The van der Waals surface area contributed by atoms with Crippen LogP contribution in [0.4, 0.5) is 0 Å². The van der Waals surface area contributed by atoms with Gasteiger partial charge in [-0.15, -0.1) is 0 Å². The van der Waals surface area contributed by atoms with Crippen LogP contribution in [0.15, 0.2) is 18.2 Å². The van der Waals surface area contributed by atoms with E-state index in [1.165, 1.54) is 12.1 Å². The first-order valence-corrected chi connectivity index (χ1v) is 6.95. The minimum absolute atomic E-state index is 0.0110. The summed E-state index contributed by atoms with van der Waals surface area (Å²) in [6, 6.07) is 4.56. The van der Waals surface area contributed by atoms with E-state index in [1.807, 2.05) is 6.92 Å². The Labute approximate surface area is 118 Å². The molecular formula is C15H21NO4. The molecule has 5 heteroatoms. The number of hydrogen-bond donors (Lipinski definition) is 3. The van der Waals surface area contributed by atoms with Crippen molar-refractivity contribution in [1.82, 2.24) is 4.90 Å². The number of benzene rings is 1. The number of carboxylic acid groups (broad SMARTS) is 1. The molecular weight excluding hydrogens is 258 g/mol. The number of rotatable bonds is 5. The van der Waals surface area contributed by atoms with Crippen LogP contribution in [0, 0.1) is 5.92 Å². The molecule has 3 N–H and O–H groups in total. The van der Waals surface area contributed by atoms with Crippen molar-refractivity contribution in [2.24, 2.45) is 5.92 Å². The summed E-state index contributed by atoms with van der Waals surface area (Å²) in [6.45, 7) is 3.72. The van der Waals surface area contributed by atoms with Gasteiger partial charge in [0.2, 0.25) is 0 Å². The lowest BCUT2D eigenvalue weighted by Gasteiger charge is -2.25. The Morgan fingerprint density at radius 3 is 2.90 bits per heavy atom. The predicted molar refractivity (Wildman–Crippen MR) is 74.7 cm³/mol. The highest BCUT2D eigenvalue weighted by Gasteiger charge is 2.28. The molecule has 0 aromatic heterocycles. The zero-order valence-corrected chi connectivity index (χ0v) is 11.6. The van der Waals surface area contributed by atoms with Crippen molar-refractivity contribution in [3.8, 4) is 11.5 Å². The number of phenolic OH excluding ortho intramolecular Hbond substituents is 2. The molecule has 1 saturated heterocycles. The maximum atomic E-state index is 10.6. The topological polar surface area (TPSA) is 81.0 Å². The molecule has 0 spiro atoms. The van der Waals surface area contributed by atoms with Crippen LogP contribution in [0.3, 0.4) is 0 Å². The Morgan fingerprint density at radius 2 is 2.20 bits per heavy atom. The van der Waals surface area contributed by atoms with E-state index in [-0.39, 0.29) is 24.0 Å². The second-order valence-corrected chi connectivity index (χ2v) is 5.50. The molecule has 1 aromatic carbocycles. The Bertz CT molecular complexity index is 489. The van der Waals surface area contributed by atoms with Crippen molar-refractivity contribution in [3.63, 3.8) is 0 Å². The molecule has 1 fully saturated rings. The summed E-state index contributed by atoms with van der Waals surface area (Å²) >= 11 is 0. The monoisotopic (exact) mass is 279 g/mol. The summed E-state index contributed by atoms with van der Waals surface area (Å²) in [5, 5.41) is 28.1. The molecule has 1 aromatic rings. The van der Waals surface area contributed by atoms with Crippen molar-refractivity contribution >= 4 is 5.97 Å². The Balaban J connectivity index is 1.98. The zero-order chi connectivity index (χ0) is 14.7. The van der Waals surface area contributed by atoms with Crippen molar-refractivity contribution in [3.05, 3.63) is 23.8 Å². The average molecular weight is 279 g/mol. The van der Waals surface area contributed by atoms with Crippen LogP contribution in [0.25, 0.3) is 0 Å². The highest BCUT2D eigenvalue weighted by Crippen LogP contribution is 2.35. The number of aromatic hydroxyl groups is 2. The fourth-order valence-corrected chi connectivity index (χ4v) is 2.85. The van der Waals surface area contributed by atoms with Gasteiger partial charge in [0.15, 0.2) is 0 Å². The van der Waals surface area contributed by atoms with Gasteiger partial charge in [0.05, 0.1) is 0 Å². The minimum Gasteiger partial charge on any atom is -0.508 e. The molecule has 2 rings (SSSR count). The lowest BCUT2D eigenvalue weighted by atomic mass is 10.0. The zero-order valence-electron chi connectivity index (χ0n) is 11.6. The maximum Gasteiger partial charge on any atom is 0.303 e. The van der Waals surface area contributed by atoms with E-state index < -0.39 is 5.97 Å². The number of phenols is 2. The molecule has 0 saturated carbocycles. The Morgan fingerprint density at radius 1 is 1.45 bits per heavy atom. The van der Waals surface area contributed by atoms with Gasteiger partial charge in [-0.25, -0.2) is 0 Å². The number of nitrogens with zero attached hydrogens (tertiary/aromatic N) is 1. The second-order valence-electron chi connectivity index (χ2n) is 5.50. The maximum absolute atomic E-state index is 10.6. The highest BCUT2D eigenvalue weighted by atomic mass is 16.4. The number of hydrogen-bond acceptors (Lipinski definition) is 4. The van der Waals surface area contributed by atoms with E-state index in [4.69, 9.17) is 5.11 Å². The minimum atomic E-state index is -0.748. The van der Waals surface area contributed by atoms with Gasteiger partial charge in [-0.05, 0) is 50.4 Å². The molecule has 0 amide bonds. The van der Waals surface area contributed by atoms with Crippen LogP contribution < -0.4 is 0 Å². The average Bonchev–Trinajstić information content (AvgIpc) is 2.87. The summed E-state index contributed by atoms with van der Waals surface area (Å²) in [7, 11) is 0. The quantitative estimate of drug-likeness (QED) is 0.721. The summed E-state index contributed by atoms with van der Waals surface area (Å²) in [6.07, 6.45) is 1.89. The van der Waals surface area contributed by atoms with Gasteiger partial charge >= 0.3 is 5.97 Å². The SMILES string of the molecule is CC(c1cc(O)ccc1O)N1CCC(CCC(=O)O)C1. The van der Waals surface area contributed by atoms with E-state index in [9.17, 15) is 15.0 Å². The molecule has 1 heterocycles. The first kappa shape index (κ1) is 14.7. The van der Waals surface area contributed by atoms with E-state index in [2.05, 4.69) is 4.90 Å². The van der Waals surface area contributed by atoms with Crippen LogP contribution in [0.1, 0.15) is 37.8 Å². The first-order chi connectivity index (χ1) is 9.47. The molecule has 5 nitrogen and oxygen atoms in total. The largest absolute Gasteiger partial charge is 0.508 e. The fraction of sp³-hybridized carbons (Fsp3) is 0.533. The van der Waals surface area contributed by atoms with Crippen LogP contribution in [0.5, 0.6) is 11.5 Å². The lowest BCUT2D eigenvalue weighted by molar-refractivity contribution is -0.137. The van der Waals surface area contributed by atoms with E-state index in [0.717, 1.165) is 19.5 Å². The Hall–Kier alpha value is -1.75. The number of likely N-dealkylation sites (tertiary alicyclic amines) is 1. The summed E-state index contributed by atoms with van der Waals surface area (Å²) in [5.41, 5.74) is 0.712. The smallest absolute Gasteiger partial charge is 0.303 e. The van der Waals surface area contributed by atoms with Gasteiger partial charge in [-0.1, -0.05) is 0 Å². The standard InChI is InChI=1S/C15H21NO4/c1-10(13-8-12(17)3-4-14(13)18)16-7-6-11(9-16)2-5-15(19)20/h3-4,8,10-11,17-18H,2,5-7,9H2,1H3,(H,19,20). The van der Waals surface area contributed by atoms with Crippen LogP contribution in [0.2, 0.25) is 0 Å². The number of carbonyl (C=O) groups is 1. The van der Waals surface area contributed by atoms with Gasteiger partial charge in [0.1, 0.15) is 11.5 Å². The fourth-order valence-electron chi connectivity index (χ4n) is 2.85. The normalized spacial score (nSPS) is 20.9. The second kappa shape index (κ2) is 6.13. The summed E-state index contributed by atoms with van der Waals surface area (Å²) in [4.78, 5) is 12.8. The van der Waals surface area contributed by atoms with E-state index in [0.29, 0.717) is 17.9 Å². The van der Waals surface area contributed by atoms with E-state index >= 15 is 0 Å². The summed E-state index contributed by atoms with van der Waals surface area (Å²) in [5.74, 6) is -0.0225. The highest BCUT2D eigenvalue weighted by molar-refractivity contribution is 5.66. The predicted octanol–water partition coefficient (Wildman–Crippen LogP) is 2.35. The molecule has 20 heavy (non-hydrogen) atoms. The third kappa shape index (κ3) is 3.42. The van der Waals surface area contributed by atoms with Gasteiger partial charge in [-0.3, -0.25) is 9.69 Å². The van der Waals surface area contributed by atoms with Crippen LogP contribution in [-0.4, -0.2) is 39.3 Å². The van der Waals surface area contributed by atoms with Gasteiger partial charge in [0, 0.05) is 24.6 Å². The molecule has 2 unspecified atom stereocenters. The molecule has 0 radical (unpaired) electrons. The lowest BCUT2D eigenvalue weighted by Crippen LogP contribution is -2.24. The van der Waals surface area contributed by atoms with Crippen LogP contribution >= 0.6 is 0 Å². The molecule has 1 aliphatic heterocycles. The van der Waals surface area contributed by atoms with Crippen molar-refractivity contribution < 1.29 is 20.1 Å².